The maximum absolute atomic E-state index is 11.4. The Bertz CT molecular complexity index is 1180. The lowest BCUT2D eigenvalue weighted by Crippen LogP contribution is -2.42. The highest BCUT2D eigenvalue weighted by Crippen LogP contribution is 2.50. The lowest BCUT2D eigenvalue weighted by atomic mass is 9.85. The summed E-state index contributed by atoms with van der Waals surface area (Å²) >= 11 is 0. The van der Waals surface area contributed by atoms with Crippen LogP contribution in [0.4, 0.5) is 0 Å². The third-order valence-electron chi connectivity index (χ3n) is 7.34. The minimum atomic E-state index is -2.74. The molecule has 1 aromatic heterocycles. The van der Waals surface area contributed by atoms with Gasteiger partial charge in [0.25, 0.3) is 0 Å². The van der Waals surface area contributed by atoms with E-state index in [4.69, 9.17) is 25.2 Å². The molecule has 2 aliphatic rings. The number of hydrogen-bond donors (Lipinski definition) is 5. The number of aromatic nitrogens is 1. The summed E-state index contributed by atoms with van der Waals surface area (Å²) in [6.07, 6.45) is 1.66. The molecule has 2 aromatic rings. The summed E-state index contributed by atoms with van der Waals surface area (Å²) in [7, 11) is 0. The number of fused-ring (bicyclic) bond motifs is 1. The lowest BCUT2D eigenvalue weighted by molar-refractivity contribution is -0.170. The number of aliphatic carboxylic acids is 3. The number of carboxylic acid groups (broad SMARTS) is 3. The van der Waals surface area contributed by atoms with Gasteiger partial charge >= 0.3 is 17.9 Å². The van der Waals surface area contributed by atoms with Crippen LogP contribution < -0.4 is 4.74 Å². The monoisotopic (exact) mass is 558 g/mol. The molecular weight excluding hydrogens is 520 g/mol. The Kier molecular flexibility index (Phi) is 9.88. The summed E-state index contributed by atoms with van der Waals surface area (Å²) in [6, 6.07) is 12.4. The Morgan fingerprint density at radius 1 is 1.10 bits per heavy atom. The minimum absolute atomic E-state index is 0.184. The van der Waals surface area contributed by atoms with Crippen molar-refractivity contribution in [3.63, 3.8) is 0 Å². The summed E-state index contributed by atoms with van der Waals surface area (Å²) in [4.78, 5) is 37.5. The number of pyridine rings is 1. The van der Waals surface area contributed by atoms with Gasteiger partial charge in [0.1, 0.15) is 11.4 Å². The van der Waals surface area contributed by atoms with Crippen LogP contribution in [0.15, 0.2) is 42.6 Å². The zero-order valence-electron chi connectivity index (χ0n) is 23.0. The highest BCUT2D eigenvalue weighted by atomic mass is 16.5. The molecule has 0 unspecified atom stereocenters. The number of ether oxygens (including phenoxy) is 1. The van der Waals surface area contributed by atoms with E-state index in [1.807, 2.05) is 39.1 Å². The van der Waals surface area contributed by atoms with Crippen molar-refractivity contribution >= 4 is 17.9 Å². The molecule has 0 bridgehead atoms. The third-order valence-corrected chi connectivity index (χ3v) is 7.34. The normalized spacial score (nSPS) is 22.4. The fourth-order valence-electron chi connectivity index (χ4n) is 5.52. The molecular formula is C29H38N2O9. The average molecular weight is 559 g/mol. The Hall–Kier alpha value is -3.54. The van der Waals surface area contributed by atoms with Crippen LogP contribution in [0.3, 0.4) is 0 Å². The first-order valence-electron chi connectivity index (χ1n) is 13.2. The summed E-state index contributed by atoms with van der Waals surface area (Å²) in [5.74, 6) is -3.27. The van der Waals surface area contributed by atoms with Crippen LogP contribution in [0.2, 0.25) is 0 Å². The van der Waals surface area contributed by atoms with Gasteiger partial charge in [0.2, 0.25) is 0 Å². The molecule has 11 heteroatoms. The Morgan fingerprint density at radius 3 is 2.33 bits per heavy atom. The number of aryl methyl sites for hydroxylation is 1. The predicted molar refractivity (Wildman–Crippen MR) is 144 cm³/mol. The van der Waals surface area contributed by atoms with Crippen molar-refractivity contribution in [1.82, 2.24) is 9.88 Å². The third kappa shape index (κ3) is 7.77. The zero-order chi connectivity index (χ0) is 29.7. The first kappa shape index (κ1) is 31.0. The van der Waals surface area contributed by atoms with Gasteiger partial charge in [-0.05, 0) is 68.9 Å². The number of likely N-dealkylation sites (tertiary alicyclic amines) is 1. The molecule has 40 heavy (non-hydrogen) atoms. The molecule has 4 rings (SSSR count). The van der Waals surface area contributed by atoms with Crippen molar-refractivity contribution in [3.05, 3.63) is 59.4 Å². The van der Waals surface area contributed by atoms with Gasteiger partial charge in [-0.15, -0.1) is 0 Å². The summed E-state index contributed by atoms with van der Waals surface area (Å²) in [5, 5.41) is 45.3. The van der Waals surface area contributed by atoms with Gasteiger partial charge < -0.3 is 30.3 Å². The molecule has 5 N–H and O–H groups in total. The topological polar surface area (TPSA) is 178 Å². The van der Waals surface area contributed by atoms with E-state index in [-0.39, 0.29) is 12.0 Å². The van der Waals surface area contributed by atoms with Crippen molar-refractivity contribution in [2.45, 2.75) is 70.3 Å². The van der Waals surface area contributed by atoms with Crippen molar-refractivity contribution in [2.75, 3.05) is 13.1 Å². The molecule has 1 aliphatic carbocycles. The van der Waals surface area contributed by atoms with Crippen LogP contribution in [0.1, 0.15) is 56.4 Å². The predicted octanol–water partition coefficient (Wildman–Crippen LogP) is 2.66. The van der Waals surface area contributed by atoms with Crippen LogP contribution in [-0.4, -0.2) is 78.1 Å². The highest BCUT2D eigenvalue weighted by Gasteiger charge is 2.53. The molecule has 0 amide bonds. The van der Waals surface area contributed by atoms with Gasteiger partial charge in [0.05, 0.1) is 24.6 Å². The van der Waals surface area contributed by atoms with E-state index in [1.165, 1.54) is 5.56 Å². The Balaban J connectivity index is 0.000000289. The number of nitrogens with zero attached hydrogens (tertiary/aromatic N) is 2. The molecule has 1 saturated heterocycles. The fraction of sp³-hybridized carbons (Fsp3) is 0.517. The minimum Gasteiger partial charge on any atom is -0.491 e. The van der Waals surface area contributed by atoms with Crippen molar-refractivity contribution in [2.24, 2.45) is 11.8 Å². The second-order valence-electron chi connectivity index (χ2n) is 11.0. The Labute approximate surface area is 233 Å². The summed E-state index contributed by atoms with van der Waals surface area (Å²) in [5.41, 5.74) is -0.277. The van der Waals surface area contributed by atoms with Gasteiger partial charge in [0.15, 0.2) is 5.60 Å². The lowest BCUT2D eigenvalue weighted by Gasteiger charge is -2.30. The number of rotatable bonds is 10. The SMILES string of the molecule is Cc1ccc([C@@]2(O)CC[C@@H]3CN(Cc4cccc(OC(C)C)c4)C[C@@H]32)nc1.O=C(O)CC(O)(CC(=O)O)C(=O)O. The number of hydrogen-bond acceptors (Lipinski definition) is 8. The van der Waals surface area contributed by atoms with E-state index < -0.39 is 42.0 Å². The van der Waals surface area contributed by atoms with E-state index in [9.17, 15) is 19.5 Å². The molecule has 1 aromatic carbocycles. The first-order chi connectivity index (χ1) is 18.7. The molecule has 1 aliphatic heterocycles. The van der Waals surface area contributed by atoms with E-state index in [0.29, 0.717) is 5.92 Å². The number of carbonyl (C=O) groups is 3. The van der Waals surface area contributed by atoms with Gasteiger partial charge in [-0.3, -0.25) is 19.5 Å². The fourth-order valence-corrected chi connectivity index (χ4v) is 5.52. The molecule has 0 radical (unpaired) electrons. The maximum atomic E-state index is 11.4. The van der Waals surface area contributed by atoms with Crippen molar-refractivity contribution in [1.29, 1.82) is 0 Å². The number of carboxylic acids is 3. The highest BCUT2D eigenvalue weighted by molar-refractivity contribution is 5.88. The van der Waals surface area contributed by atoms with Gasteiger partial charge in [-0.1, -0.05) is 18.2 Å². The molecule has 3 atom stereocenters. The summed E-state index contributed by atoms with van der Waals surface area (Å²) < 4.78 is 5.83. The molecule has 0 spiro atoms. The smallest absolute Gasteiger partial charge is 0.336 e. The maximum Gasteiger partial charge on any atom is 0.336 e. The largest absolute Gasteiger partial charge is 0.491 e. The van der Waals surface area contributed by atoms with E-state index in [1.54, 1.807) is 0 Å². The standard InChI is InChI=1S/C23H30N2O2.C6H8O7/c1-16(2)27-20-6-4-5-18(11-20)13-25-14-19-9-10-23(26,21(19)15-25)22-8-7-17(3)12-24-22;7-3(8)1-6(13,5(11)12)2-4(9)10/h4-8,11-12,16,19,21,26H,9-10,13-15H2,1-3H3;13H,1-2H2,(H,7,8)(H,9,10)(H,11,12)/t19-,21+,23-;/m1./s1. The van der Waals surface area contributed by atoms with E-state index >= 15 is 0 Å². The number of aliphatic hydroxyl groups is 2. The zero-order valence-corrected chi connectivity index (χ0v) is 23.0. The molecule has 11 nitrogen and oxygen atoms in total. The van der Waals surface area contributed by atoms with Gasteiger partial charge in [-0.25, -0.2) is 4.79 Å². The second-order valence-corrected chi connectivity index (χ2v) is 11.0. The first-order valence-corrected chi connectivity index (χ1v) is 13.2. The van der Waals surface area contributed by atoms with Gasteiger partial charge in [-0.2, -0.15) is 0 Å². The van der Waals surface area contributed by atoms with Crippen LogP contribution in [-0.2, 0) is 26.5 Å². The van der Waals surface area contributed by atoms with Crippen molar-refractivity contribution < 1.29 is 44.7 Å². The molecule has 1 saturated carbocycles. The molecule has 218 valence electrons. The quantitative estimate of drug-likeness (QED) is 0.290. The van der Waals surface area contributed by atoms with Crippen molar-refractivity contribution in [3.8, 4) is 5.75 Å². The van der Waals surface area contributed by atoms with Crippen LogP contribution in [0.5, 0.6) is 5.75 Å². The second kappa shape index (κ2) is 12.8. The molecule has 2 heterocycles. The molecule has 2 fully saturated rings. The Morgan fingerprint density at radius 2 is 1.77 bits per heavy atom. The van der Waals surface area contributed by atoms with Crippen LogP contribution >= 0.6 is 0 Å². The van der Waals surface area contributed by atoms with Crippen LogP contribution in [0.25, 0.3) is 0 Å². The number of benzene rings is 1. The van der Waals surface area contributed by atoms with Crippen LogP contribution in [0, 0.1) is 18.8 Å². The van der Waals surface area contributed by atoms with E-state index in [0.717, 1.165) is 49.5 Å². The van der Waals surface area contributed by atoms with Gasteiger partial charge in [0, 0.05) is 31.7 Å². The summed E-state index contributed by atoms with van der Waals surface area (Å²) in [6.45, 7) is 9.01. The average Bonchev–Trinajstić information content (AvgIpc) is 3.38. The van der Waals surface area contributed by atoms with E-state index in [2.05, 4.69) is 34.1 Å².